The highest BCUT2D eigenvalue weighted by atomic mass is 32.1. The number of rotatable bonds is 5. The summed E-state index contributed by atoms with van der Waals surface area (Å²) in [6.45, 7) is 8.75. The molecule has 0 aromatic heterocycles. The van der Waals surface area contributed by atoms with Crippen molar-refractivity contribution in [1.82, 2.24) is 10.7 Å². The molecule has 110 valence electrons. The second kappa shape index (κ2) is 7.97. The van der Waals surface area contributed by atoms with Crippen molar-refractivity contribution in [2.24, 2.45) is 5.10 Å². The third kappa shape index (κ3) is 5.27. The molecule has 1 aromatic carbocycles. The summed E-state index contributed by atoms with van der Waals surface area (Å²) in [6, 6.07) is 6.44. The van der Waals surface area contributed by atoms with Crippen LogP contribution in [0.2, 0.25) is 0 Å². The van der Waals surface area contributed by atoms with E-state index in [1.54, 1.807) is 7.11 Å². The fraction of sp³-hybridized carbons (Fsp3) is 0.467. The molecular formula is C15H23N3OS. The smallest absolute Gasteiger partial charge is 0.187 e. The van der Waals surface area contributed by atoms with Crippen molar-refractivity contribution in [3.05, 3.63) is 34.9 Å². The lowest BCUT2D eigenvalue weighted by molar-refractivity contribution is 0.179. The molecule has 1 aromatic rings. The van der Waals surface area contributed by atoms with Crippen LogP contribution in [0, 0.1) is 13.8 Å². The molecule has 0 aliphatic heterocycles. The number of hydrogen-bond acceptors (Lipinski definition) is 3. The van der Waals surface area contributed by atoms with Gasteiger partial charge >= 0.3 is 0 Å². The summed E-state index contributed by atoms with van der Waals surface area (Å²) in [6.07, 6.45) is 0. The van der Waals surface area contributed by atoms with Gasteiger partial charge in [-0.15, -0.1) is 0 Å². The Labute approximate surface area is 126 Å². The first kappa shape index (κ1) is 16.6. The Hall–Kier alpha value is -1.46. The number of hydrazone groups is 1. The maximum atomic E-state index is 5.17. The first-order valence-corrected chi connectivity index (χ1v) is 7.02. The molecule has 0 heterocycles. The predicted molar refractivity (Wildman–Crippen MR) is 88.3 cm³/mol. The number of hydrogen-bond donors (Lipinski definition) is 2. The second-order valence-corrected chi connectivity index (χ2v) is 5.35. The highest BCUT2D eigenvalue weighted by Crippen LogP contribution is 2.10. The van der Waals surface area contributed by atoms with Crippen LogP contribution in [0.15, 0.2) is 23.3 Å². The molecule has 0 unspecified atom stereocenters. The fourth-order valence-corrected chi connectivity index (χ4v) is 1.96. The van der Waals surface area contributed by atoms with Gasteiger partial charge in [-0.1, -0.05) is 12.1 Å². The zero-order chi connectivity index (χ0) is 15.1. The number of ether oxygens (including phenoxy) is 1. The van der Waals surface area contributed by atoms with E-state index in [4.69, 9.17) is 17.0 Å². The highest BCUT2D eigenvalue weighted by Gasteiger charge is 2.03. The van der Waals surface area contributed by atoms with Gasteiger partial charge < -0.3 is 10.1 Å². The molecule has 2 N–H and O–H groups in total. The molecule has 20 heavy (non-hydrogen) atoms. The molecule has 0 saturated heterocycles. The monoisotopic (exact) mass is 293 g/mol. The van der Waals surface area contributed by atoms with Crippen molar-refractivity contribution in [2.45, 2.75) is 33.7 Å². The third-order valence-corrected chi connectivity index (χ3v) is 3.25. The molecule has 0 amide bonds. The summed E-state index contributed by atoms with van der Waals surface area (Å²) in [4.78, 5) is 0. The molecule has 4 nitrogen and oxygen atoms in total. The van der Waals surface area contributed by atoms with Crippen LogP contribution in [0.1, 0.15) is 30.5 Å². The molecule has 0 bridgehead atoms. The van der Waals surface area contributed by atoms with Crippen LogP contribution >= 0.6 is 12.2 Å². The van der Waals surface area contributed by atoms with Crippen LogP contribution in [-0.2, 0) is 4.74 Å². The maximum Gasteiger partial charge on any atom is 0.187 e. The molecule has 1 rings (SSSR count). The summed E-state index contributed by atoms with van der Waals surface area (Å²) < 4.78 is 5.04. The number of thiocarbonyl (C=S) groups is 1. The van der Waals surface area contributed by atoms with E-state index in [1.807, 2.05) is 13.8 Å². The van der Waals surface area contributed by atoms with Gasteiger partial charge in [0.05, 0.1) is 12.3 Å². The van der Waals surface area contributed by atoms with Gasteiger partial charge in [0.1, 0.15) is 0 Å². The lowest BCUT2D eigenvalue weighted by Crippen LogP contribution is -2.40. The number of nitrogens with one attached hydrogen (secondary N) is 2. The Morgan fingerprint density at radius 2 is 2.05 bits per heavy atom. The summed E-state index contributed by atoms with van der Waals surface area (Å²) in [7, 11) is 1.66. The van der Waals surface area contributed by atoms with Crippen LogP contribution in [0.3, 0.4) is 0 Å². The van der Waals surface area contributed by atoms with Crippen molar-refractivity contribution in [2.75, 3.05) is 13.7 Å². The fourth-order valence-electron chi connectivity index (χ4n) is 1.71. The van der Waals surface area contributed by atoms with E-state index in [0.717, 1.165) is 11.3 Å². The molecule has 0 saturated carbocycles. The summed E-state index contributed by atoms with van der Waals surface area (Å²) in [5, 5.41) is 7.89. The molecule has 5 heteroatoms. The minimum absolute atomic E-state index is 0.150. The van der Waals surface area contributed by atoms with Gasteiger partial charge in [0.2, 0.25) is 0 Å². The van der Waals surface area contributed by atoms with E-state index in [-0.39, 0.29) is 6.04 Å². The zero-order valence-corrected chi connectivity index (χ0v) is 13.6. The van der Waals surface area contributed by atoms with Gasteiger partial charge in [0, 0.05) is 13.2 Å². The van der Waals surface area contributed by atoms with Crippen molar-refractivity contribution in [1.29, 1.82) is 0 Å². The third-order valence-electron chi connectivity index (χ3n) is 3.04. The Balaban J connectivity index is 2.60. The van der Waals surface area contributed by atoms with Crippen LogP contribution in [0.4, 0.5) is 0 Å². The Morgan fingerprint density at radius 1 is 1.35 bits per heavy atom. The standard InChI is InChI=1S/C15H23N3OS/c1-10-6-7-14(8-11(10)2)13(4)17-18-15(20)16-12(3)9-19-5/h6-8,12H,9H2,1-5H3,(H2,16,18,20)/b17-13-/t12-/m1/s1. The average Bonchev–Trinajstić information content (AvgIpc) is 2.39. The van der Waals surface area contributed by atoms with Crippen molar-refractivity contribution in [3.8, 4) is 0 Å². The lowest BCUT2D eigenvalue weighted by atomic mass is 10.0. The lowest BCUT2D eigenvalue weighted by Gasteiger charge is -2.14. The van der Waals surface area contributed by atoms with Gasteiger partial charge in [-0.2, -0.15) is 5.10 Å². The minimum atomic E-state index is 0.150. The van der Waals surface area contributed by atoms with E-state index in [0.29, 0.717) is 11.7 Å². The number of nitrogens with zero attached hydrogens (tertiary/aromatic N) is 1. The summed E-state index contributed by atoms with van der Waals surface area (Å²) in [5.41, 5.74) is 7.38. The van der Waals surface area contributed by atoms with E-state index in [9.17, 15) is 0 Å². The van der Waals surface area contributed by atoms with Gasteiger partial charge in [-0.3, -0.25) is 5.43 Å². The molecule has 0 radical (unpaired) electrons. The number of benzene rings is 1. The van der Waals surface area contributed by atoms with Crippen LogP contribution < -0.4 is 10.7 Å². The van der Waals surface area contributed by atoms with Gasteiger partial charge in [-0.25, -0.2) is 0 Å². The van der Waals surface area contributed by atoms with Crippen LogP contribution in [0.5, 0.6) is 0 Å². The summed E-state index contributed by atoms with van der Waals surface area (Å²) >= 11 is 5.17. The normalized spacial score (nSPS) is 12.9. The molecule has 0 fully saturated rings. The maximum absolute atomic E-state index is 5.17. The van der Waals surface area contributed by atoms with Gasteiger partial charge in [0.15, 0.2) is 5.11 Å². The van der Waals surface area contributed by atoms with Crippen LogP contribution in [0.25, 0.3) is 0 Å². The quantitative estimate of drug-likeness (QED) is 0.497. The number of aryl methyl sites for hydroxylation is 2. The van der Waals surface area contributed by atoms with Crippen molar-refractivity contribution >= 4 is 23.0 Å². The van der Waals surface area contributed by atoms with Gasteiger partial charge in [0.25, 0.3) is 0 Å². The largest absolute Gasteiger partial charge is 0.383 e. The second-order valence-electron chi connectivity index (χ2n) is 4.94. The van der Waals surface area contributed by atoms with Gasteiger partial charge in [-0.05, 0) is 62.7 Å². The molecule has 1 atom stereocenters. The first-order chi connectivity index (χ1) is 9.43. The van der Waals surface area contributed by atoms with Crippen molar-refractivity contribution < 1.29 is 4.74 Å². The predicted octanol–water partition coefficient (Wildman–Crippen LogP) is 2.53. The van der Waals surface area contributed by atoms with Crippen LogP contribution in [-0.4, -0.2) is 30.6 Å². The van der Waals surface area contributed by atoms with E-state index in [2.05, 4.69) is 47.9 Å². The minimum Gasteiger partial charge on any atom is -0.383 e. The van der Waals surface area contributed by atoms with E-state index in [1.165, 1.54) is 11.1 Å². The van der Waals surface area contributed by atoms with E-state index < -0.39 is 0 Å². The SMILES string of the molecule is COC[C@@H](C)NC(=S)N/N=C(/C)c1ccc(C)c(C)c1. The van der Waals surface area contributed by atoms with E-state index >= 15 is 0 Å². The summed E-state index contributed by atoms with van der Waals surface area (Å²) in [5.74, 6) is 0. The zero-order valence-electron chi connectivity index (χ0n) is 12.8. The Kier molecular flexibility index (Phi) is 6.61. The topological polar surface area (TPSA) is 45.6 Å². The number of methoxy groups -OCH3 is 1. The Morgan fingerprint density at radius 3 is 2.65 bits per heavy atom. The average molecular weight is 293 g/mol. The highest BCUT2D eigenvalue weighted by molar-refractivity contribution is 7.80. The Bertz CT molecular complexity index is 500. The molecule has 0 aliphatic carbocycles. The molecule has 0 aliphatic rings. The molecule has 0 spiro atoms. The molecular weight excluding hydrogens is 270 g/mol. The van der Waals surface area contributed by atoms with Crippen molar-refractivity contribution in [3.63, 3.8) is 0 Å². The first-order valence-electron chi connectivity index (χ1n) is 6.61.